The molecular weight excluding hydrogens is 280 g/mol. The summed E-state index contributed by atoms with van der Waals surface area (Å²) < 4.78 is 26.4. The van der Waals surface area contributed by atoms with Gasteiger partial charge in [-0.1, -0.05) is 6.92 Å². The first kappa shape index (κ1) is 14.7. The summed E-state index contributed by atoms with van der Waals surface area (Å²) in [4.78, 5) is 0. The van der Waals surface area contributed by atoms with Gasteiger partial charge in [-0.3, -0.25) is 9.25 Å². The molecule has 0 amide bonds. The molecule has 8 nitrogen and oxygen atoms in total. The van der Waals surface area contributed by atoms with Crippen LogP contribution >= 0.6 is 0 Å². The molecule has 2 aromatic heterocycles. The second-order valence-electron chi connectivity index (χ2n) is 4.83. The van der Waals surface area contributed by atoms with Gasteiger partial charge in [0.15, 0.2) is 5.82 Å². The predicted molar refractivity (Wildman–Crippen MR) is 73.4 cm³/mol. The molecule has 0 saturated carbocycles. The molecule has 0 aliphatic carbocycles. The minimum atomic E-state index is -3.92. The molecule has 2 N–H and O–H groups in total. The Bertz CT molecular complexity index is 728. The first-order valence-electron chi connectivity index (χ1n) is 6.26. The van der Waals surface area contributed by atoms with Crippen molar-refractivity contribution >= 4 is 10.0 Å². The molecule has 0 saturated heterocycles. The molecule has 0 unspecified atom stereocenters. The monoisotopic (exact) mass is 298 g/mol. The Morgan fingerprint density at radius 1 is 1.35 bits per heavy atom. The molecule has 2 heterocycles. The Morgan fingerprint density at radius 2 is 2.00 bits per heavy atom. The molecular formula is C11H18N6O2S. The van der Waals surface area contributed by atoms with Gasteiger partial charge in [0.2, 0.25) is 0 Å². The first-order valence-corrected chi connectivity index (χ1v) is 7.81. The summed E-state index contributed by atoms with van der Waals surface area (Å²) in [6.45, 7) is 5.68. The highest BCUT2D eigenvalue weighted by Crippen LogP contribution is 2.26. The Labute approximate surface area is 117 Å². The van der Waals surface area contributed by atoms with Crippen LogP contribution in [0.4, 0.5) is 0 Å². The third kappa shape index (κ3) is 2.46. The molecule has 0 aromatic carbocycles. The van der Waals surface area contributed by atoms with E-state index in [1.807, 2.05) is 20.8 Å². The van der Waals surface area contributed by atoms with Gasteiger partial charge in [-0.25, -0.2) is 13.6 Å². The van der Waals surface area contributed by atoms with Crippen LogP contribution < -0.4 is 5.14 Å². The molecule has 0 aliphatic rings. The lowest BCUT2D eigenvalue weighted by molar-refractivity contribution is 0.524. The Hall–Kier alpha value is -1.74. The summed E-state index contributed by atoms with van der Waals surface area (Å²) >= 11 is 0. The van der Waals surface area contributed by atoms with Crippen molar-refractivity contribution in [2.24, 2.45) is 12.2 Å². The lowest BCUT2D eigenvalue weighted by Crippen LogP contribution is -2.20. The van der Waals surface area contributed by atoms with Gasteiger partial charge in [0.05, 0.1) is 11.3 Å². The van der Waals surface area contributed by atoms with Gasteiger partial charge in [-0.2, -0.15) is 5.10 Å². The fourth-order valence-electron chi connectivity index (χ4n) is 2.10. The number of hydrogen-bond donors (Lipinski definition) is 1. The van der Waals surface area contributed by atoms with Crippen LogP contribution in [0.15, 0.2) is 11.4 Å². The average Bonchev–Trinajstić information content (AvgIpc) is 2.90. The second kappa shape index (κ2) is 4.98. The van der Waals surface area contributed by atoms with Crippen molar-refractivity contribution in [2.75, 3.05) is 0 Å². The summed E-state index contributed by atoms with van der Waals surface area (Å²) in [7, 11) is -2.11. The first-order chi connectivity index (χ1) is 9.25. The van der Waals surface area contributed by atoms with Gasteiger partial charge < -0.3 is 0 Å². The van der Waals surface area contributed by atoms with E-state index in [-0.39, 0.29) is 11.2 Å². The van der Waals surface area contributed by atoms with Gasteiger partial charge in [0.25, 0.3) is 15.2 Å². The zero-order valence-corrected chi connectivity index (χ0v) is 12.7. The second-order valence-corrected chi connectivity index (χ2v) is 6.29. The van der Waals surface area contributed by atoms with Crippen LogP contribution in [0.1, 0.15) is 32.5 Å². The average molecular weight is 298 g/mol. The van der Waals surface area contributed by atoms with Crippen LogP contribution in [0.2, 0.25) is 0 Å². The molecule has 20 heavy (non-hydrogen) atoms. The van der Waals surface area contributed by atoms with E-state index in [2.05, 4.69) is 15.3 Å². The van der Waals surface area contributed by atoms with Crippen molar-refractivity contribution in [2.45, 2.75) is 38.4 Å². The number of aryl methyl sites for hydroxylation is 2. The SMILES string of the molecule is CCc1nn(C)cc1-c1nnc(S(N)(=O)=O)n1C(C)C. The molecule has 9 heteroatoms. The summed E-state index contributed by atoms with van der Waals surface area (Å²) in [6, 6.07) is -0.141. The maximum atomic E-state index is 11.6. The maximum absolute atomic E-state index is 11.6. The van der Waals surface area contributed by atoms with E-state index < -0.39 is 10.0 Å². The number of nitrogens with two attached hydrogens (primary N) is 1. The molecule has 0 radical (unpaired) electrons. The molecule has 0 bridgehead atoms. The number of hydrogen-bond acceptors (Lipinski definition) is 5. The van der Waals surface area contributed by atoms with E-state index in [4.69, 9.17) is 5.14 Å². The van der Waals surface area contributed by atoms with Crippen molar-refractivity contribution in [3.8, 4) is 11.4 Å². The lowest BCUT2D eigenvalue weighted by atomic mass is 10.2. The standard InChI is InChI=1S/C11H18N6O2S/c1-5-9-8(6-16(4)15-9)10-13-14-11(20(12,18)19)17(10)7(2)3/h6-7H,5H2,1-4H3,(H2,12,18,19). The minimum Gasteiger partial charge on any atom is -0.294 e. The number of nitrogens with zero attached hydrogens (tertiary/aromatic N) is 5. The van der Waals surface area contributed by atoms with Crippen molar-refractivity contribution < 1.29 is 8.42 Å². The van der Waals surface area contributed by atoms with E-state index >= 15 is 0 Å². The Kier molecular flexibility index (Phi) is 3.65. The summed E-state index contributed by atoms with van der Waals surface area (Å²) in [5, 5.41) is 17.0. The normalized spacial score (nSPS) is 12.3. The Morgan fingerprint density at radius 3 is 2.50 bits per heavy atom. The van der Waals surface area contributed by atoms with Crippen LogP contribution in [0.5, 0.6) is 0 Å². The molecule has 0 aliphatic heterocycles. The fraction of sp³-hybridized carbons (Fsp3) is 0.545. The smallest absolute Gasteiger partial charge is 0.273 e. The maximum Gasteiger partial charge on any atom is 0.273 e. The summed E-state index contributed by atoms with van der Waals surface area (Å²) in [5.74, 6) is 0.467. The van der Waals surface area contributed by atoms with Crippen molar-refractivity contribution in [3.63, 3.8) is 0 Å². The number of rotatable bonds is 4. The quantitative estimate of drug-likeness (QED) is 0.882. The van der Waals surface area contributed by atoms with Crippen molar-refractivity contribution in [1.29, 1.82) is 0 Å². The third-order valence-electron chi connectivity index (χ3n) is 2.92. The largest absolute Gasteiger partial charge is 0.294 e. The highest BCUT2D eigenvalue weighted by molar-refractivity contribution is 7.89. The number of primary sulfonamides is 1. The van der Waals surface area contributed by atoms with Crippen LogP contribution in [0.25, 0.3) is 11.4 Å². The van der Waals surface area contributed by atoms with Crippen molar-refractivity contribution in [1.82, 2.24) is 24.5 Å². The highest BCUT2D eigenvalue weighted by Gasteiger charge is 2.25. The zero-order valence-electron chi connectivity index (χ0n) is 11.9. The molecule has 0 atom stereocenters. The van der Waals surface area contributed by atoms with E-state index in [0.29, 0.717) is 12.2 Å². The van der Waals surface area contributed by atoms with Gasteiger partial charge >= 0.3 is 0 Å². The number of sulfonamides is 1. The van der Waals surface area contributed by atoms with Crippen LogP contribution in [0.3, 0.4) is 0 Å². The minimum absolute atomic E-state index is 0.141. The molecule has 0 fully saturated rings. The van der Waals surface area contributed by atoms with E-state index in [1.54, 1.807) is 17.9 Å². The zero-order chi connectivity index (χ0) is 15.1. The predicted octanol–water partition coefficient (Wildman–Crippen LogP) is 0.469. The van der Waals surface area contributed by atoms with Gasteiger partial charge in [0, 0.05) is 19.3 Å². The highest BCUT2D eigenvalue weighted by atomic mass is 32.2. The van der Waals surface area contributed by atoms with Crippen LogP contribution in [0, 0.1) is 0 Å². The molecule has 2 rings (SSSR count). The van der Waals surface area contributed by atoms with Gasteiger partial charge in [-0.15, -0.1) is 10.2 Å². The Balaban J connectivity index is 2.72. The number of aromatic nitrogens is 5. The van der Waals surface area contributed by atoms with E-state index in [1.165, 1.54) is 4.57 Å². The molecule has 0 spiro atoms. The summed E-state index contributed by atoms with van der Waals surface area (Å²) in [5.41, 5.74) is 1.61. The molecule has 110 valence electrons. The van der Waals surface area contributed by atoms with Gasteiger partial charge in [0.1, 0.15) is 0 Å². The van der Waals surface area contributed by atoms with Crippen molar-refractivity contribution in [3.05, 3.63) is 11.9 Å². The third-order valence-corrected chi connectivity index (χ3v) is 3.70. The van der Waals surface area contributed by atoms with E-state index in [9.17, 15) is 8.42 Å². The lowest BCUT2D eigenvalue weighted by Gasteiger charge is -2.12. The molecule has 2 aromatic rings. The van der Waals surface area contributed by atoms with Crippen LogP contribution in [-0.4, -0.2) is 33.0 Å². The van der Waals surface area contributed by atoms with E-state index in [0.717, 1.165) is 11.3 Å². The fourth-order valence-corrected chi connectivity index (χ4v) is 2.83. The van der Waals surface area contributed by atoms with Crippen LogP contribution in [-0.2, 0) is 23.5 Å². The summed E-state index contributed by atoms with van der Waals surface area (Å²) in [6.07, 6.45) is 2.51. The van der Waals surface area contributed by atoms with Gasteiger partial charge in [-0.05, 0) is 20.3 Å². The topological polar surface area (TPSA) is 109 Å².